The van der Waals surface area contributed by atoms with Crippen molar-refractivity contribution in [3.05, 3.63) is 22.7 Å². The molecule has 0 aromatic heterocycles. The van der Waals surface area contributed by atoms with E-state index in [1.165, 1.54) is 0 Å². The average molecular weight is 272 g/mol. The van der Waals surface area contributed by atoms with Gasteiger partial charge < -0.3 is 10.1 Å². The van der Waals surface area contributed by atoms with E-state index < -0.39 is 0 Å². The normalized spacial score (nSPS) is 12.7. The molecule has 1 aromatic rings. The van der Waals surface area contributed by atoms with Gasteiger partial charge in [-0.25, -0.2) is 0 Å². The molecule has 1 N–H and O–H groups in total. The Morgan fingerprint density at radius 3 is 2.47 bits per heavy atom. The summed E-state index contributed by atoms with van der Waals surface area (Å²) in [7, 11) is 1.68. The van der Waals surface area contributed by atoms with Crippen LogP contribution >= 0.6 is 15.9 Å². The molecule has 2 nitrogen and oxygen atoms in total. The molecule has 15 heavy (non-hydrogen) atoms. The number of ether oxygens (including phenoxy) is 1. The summed E-state index contributed by atoms with van der Waals surface area (Å²) in [5.74, 6) is 1.47. The summed E-state index contributed by atoms with van der Waals surface area (Å²) in [6.45, 7) is 6.58. The standard InChI is InChI=1S/C12H18BrNO/c1-8(2)9(3)14-12-7-10(15-4)5-6-11(12)13/h5-9,14H,1-4H3. The molecule has 1 aromatic carbocycles. The molecule has 0 saturated carbocycles. The van der Waals surface area contributed by atoms with Gasteiger partial charge in [0.1, 0.15) is 5.75 Å². The third-order valence-corrected chi connectivity index (χ3v) is 3.25. The second-order valence-corrected chi connectivity index (χ2v) is 4.88. The lowest BCUT2D eigenvalue weighted by atomic mass is 10.1. The van der Waals surface area contributed by atoms with E-state index in [0.717, 1.165) is 15.9 Å². The van der Waals surface area contributed by atoms with E-state index in [9.17, 15) is 0 Å². The number of rotatable bonds is 4. The van der Waals surface area contributed by atoms with Crippen molar-refractivity contribution in [3.8, 4) is 5.75 Å². The van der Waals surface area contributed by atoms with Crippen LogP contribution in [0.5, 0.6) is 5.75 Å². The van der Waals surface area contributed by atoms with Crippen LogP contribution in [0.2, 0.25) is 0 Å². The maximum atomic E-state index is 5.19. The zero-order chi connectivity index (χ0) is 11.4. The van der Waals surface area contributed by atoms with E-state index in [2.05, 4.69) is 42.0 Å². The van der Waals surface area contributed by atoms with Crippen molar-refractivity contribution in [1.82, 2.24) is 0 Å². The molecule has 3 heteroatoms. The first kappa shape index (κ1) is 12.4. The number of hydrogen-bond acceptors (Lipinski definition) is 2. The number of nitrogens with one attached hydrogen (secondary N) is 1. The molecule has 0 bridgehead atoms. The minimum absolute atomic E-state index is 0.438. The van der Waals surface area contributed by atoms with E-state index in [-0.39, 0.29) is 0 Å². The molecule has 0 saturated heterocycles. The Morgan fingerprint density at radius 2 is 1.93 bits per heavy atom. The fraction of sp³-hybridized carbons (Fsp3) is 0.500. The van der Waals surface area contributed by atoms with E-state index in [4.69, 9.17) is 4.74 Å². The quantitative estimate of drug-likeness (QED) is 0.897. The van der Waals surface area contributed by atoms with Crippen molar-refractivity contribution in [2.45, 2.75) is 26.8 Å². The molecule has 0 amide bonds. The fourth-order valence-electron chi connectivity index (χ4n) is 1.15. The Labute approximate surface area is 100 Å². The Hall–Kier alpha value is -0.700. The third-order valence-electron chi connectivity index (χ3n) is 2.56. The molecule has 0 radical (unpaired) electrons. The Balaban J connectivity index is 2.83. The number of hydrogen-bond donors (Lipinski definition) is 1. The molecule has 0 fully saturated rings. The second-order valence-electron chi connectivity index (χ2n) is 4.02. The molecule has 1 rings (SSSR count). The molecular formula is C12H18BrNO. The SMILES string of the molecule is COc1ccc(Br)c(NC(C)C(C)C)c1. The van der Waals surface area contributed by atoms with Gasteiger partial charge in [0.15, 0.2) is 0 Å². The number of benzene rings is 1. The van der Waals surface area contributed by atoms with Crippen LogP contribution in [0.25, 0.3) is 0 Å². The van der Waals surface area contributed by atoms with Gasteiger partial charge in [-0.1, -0.05) is 13.8 Å². The number of methoxy groups -OCH3 is 1. The average Bonchev–Trinajstić information content (AvgIpc) is 2.21. The summed E-state index contributed by atoms with van der Waals surface area (Å²) in [4.78, 5) is 0. The van der Waals surface area contributed by atoms with Gasteiger partial charge in [0.25, 0.3) is 0 Å². The van der Waals surface area contributed by atoms with Crippen molar-refractivity contribution in [2.75, 3.05) is 12.4 Å². The molecular weight excluding hydrogens is 254 g/mol. The van der Waals surface area contributed by atoms with Crippen LogP contribution in [-0.4, -0.2) is 13.2 Å². The Morgan fingerprint density at radius 1 is 1.27 bits per heavy atom. The van der Waals surface area contributed by atoms with Gasteiger partial charge in [-0.3, -0.25) is 0 Å². The summed E-state index contributed by atoms with van der Waals surface area (Å²) in [6, 6.07) is 6.38. The van der Waals surface area contributed by atoms with Crippen molar-refractivity contribution < 1.29 is 4.74 Å². The smallest absolute Gasteiger partial charge is 0.121 e. The van der Waals surface area contributed by atoms with Crippen LogP contribution in [0.15, 0.2) is 22.7 Å². The van der Waals surface area contributed by atoms with Crippen molar-refractivity contribution in [3.63, 3.8) is 0 Å². The fourth-order valence-corrected chi connectivity index (χ4v) is 1.52. The number of halogens is 1. The lowest BCUT2D eigenvalue weighted by molar-refractivity contribution is 0.415. The van der Waals surface area contributed by atoms with Crippen LogP contribution in [0, 0.1) is 5.92 Å². The van der Waals surface area contributed by atoms with Gasteiger partial charge in [-0.05, 0) is 40.9 Å². The van der Waals surface area contributed by atoms with Crippen LogP contribution in [0.1, 0.15) is 20.8 Å². The highest BCUT2D eigenvalue weighted by atomic mass is 79.9. The van der Waals surface area contributed by atoms with Crippen LogP contribution in [0.3, 0.4) is 0 Å². The molecule has 0 heterocycles. The van der Waals surface area contributed by atoms with Gasteiger partial charge in [-0.2, -0.15) is 0 Å². The third kappa shape index (κ3) is 3.42. The molecule has 0 aliphatic heterocycles. The monoisotopic (exact) mass is 271 g/mol. The Kier molecular flexibility index (Phi) is 4.45. The largest absolute Gasteiger partial charge is 0.497 e. The summed E-state index contributed by atoms with van der Waals surface area (Å²) >= 11 is 3.52. The molecule has 1 unspecified atom stereocenters. The maximum Gasteiger partial charge on any atom is 0.121 e. The van der Waals surface area contributed by atoms with E-state index >= 15 is 0 Å². The first-order valence-corrected chi connectivity index (χ1v) is 5.94. The summed E-state index contributed by atoms with van der Waals surface area (Å²) in [6.07, 6.45) is 0. The number of anilines is 1. The van der Waals surface area contributed by atoms with Crippen molar-refractivity contribution in [2.24, 2.45) is 5.92 Å². The van der Waals surface area contributed by atoms with Crippen LogP contribution < -0.4 is 10.1 Å². The minimum Gasteiger partial charge on any atom is -0.497 e. The first-order chi connectivity index (χ1) is 7.04. The second kappa shape index (κ2) is 5.40. The zero-order valence-electron chi connectivity index (χ0n) is 9.67. The summed E-state index contributed by atoms with van der Waals surface area (Å²) in [5, 5.41) is 3.46. The topological polar surface area (TPSA) is 21.3 Å². The highest BCUT2D eigenvalue weighted by Gasteiger charge is 2.09. The van der Waals surface area contributed by atoms with Gasteiger partial charge in [-0.15, -0.1) is 0 Å². The zero-order valence-corrected chi connectivity index (χ0v) is 11.3. The van der Waals surface area contributed by atoms with Gasteiger partial charge >= 0.3 is 0 Å². The minimum atomic E-state index is 0.438. The highest BCUT2D eigenvalue weighted by molar-refractivity contribution is 9.10. The lowest BCUT2D eigenvalue weighted by Gasteiger charge is -2.20. The van der Waals surface area contributed by atoms with Gasteiger partial charge in [0.2, 0.25) is 0 Å². The van der Waals surface area contributed by atoms with E-state index in [1.807, 2.05) is 18.2 Å². The predicted molar refractivity (Wildman–Crippen MR) is 68.6 cm³/mol. The predicted octanol–water partition coefficient (Wildman–Crippen LogP) is 3.91. The maximum absolute atomic E-state index is 5.19. The van der Waals surface area contributed by atoms with E-state index in [0.29, 0.717) is 12.0 Å². The van der Waals surface area contributed by atoms with Gasteiger partial charge in [0.05, 0.1) is 12.8 Å². The summed E-state index contributed by atoms with van der Waals surface area (Å²) < 4.78 is 6.26. The van der Waals surface area contributed by atoms with E-state index in [1.54, 1.807) is 7.11 Å². The molecule has 84 valence electrons. The molecule has 0 aliphatic rings. The molecule has 0 aliphatic carbocycles. The highest BCUT2D eigenvalue weighted by Crippen LogP contribution is 2.28. The van der Waals surface area contributed by atoms with Crippen LogP contribution in [-0.2, 0) is 0 Å². The van der Waals surface area contributed by atoms with Gasteiger partial charge in [0, 0.05) is 16.6 Å². The first-order valence-electron chi connectivity index (χ1n) is 5.14. The van der Waals surface area contributed by atoms with Crippen molar-refractivity contribution in [1.29, 1.82) is 0 Å². The van der Waals surface area contributed by atoms with Crippen LogP contribution in [0.4, 0.5) is 5.69 Å². The summed E-state index contributed by atoms with van der Waals surface area (Å²) in [5.41, 5.74) is 1.08. The van der Waals surface area contributed by atoms with Crippen molar-refractivity contribution >= 4 is 21.6 Å². The molecule has 1 atom stereocenters. The lowest BCUT2D eigenvalue weighted by Crippen LogP contribution is -2.21. The molecule has 0 spiro atoms. The Bertz CT molecular complexity index is 325.